The summed E-state index contributed by atoms with van der Waals surface area (Å²) in [6.07, 6.45) is 7.59. The minimum Gasteiger partial charge on any atom is -0.461 e. The van der Waals surface area contributed by atoms with Gasteiger partial charge >= 0.3 is 11.9 Å². The Balaban J connectivity index is 1.40. The van der Waals surface area contributed by atoms with Gasteiger partial charge in [-0.2, -0.15) is 0 Å². The molecule has 302 valence electrons. The number of ether oxygens (including phenoxy) is 4. The van der Waals surface area contributed by atoms with Gasteiger partial charge in [0.2, 0.25) is 0 Å². The number of carbonyl (C=O) groups is 2. The molecule has 7 nitrogen and oxygen atoms in total. The molecular weight excluding hydrogens is 675 g/mol. The summed E-state index contributed by atoms with van der Waals surface area (Å²) in [6.45, 7) is 26.4. The van der Waals surface area contributed by atoms with E-state index in [9.17, 15) is 9.59 Å². The number of nitrogens with zero attached hydrogens (tertiary/aromatic N) is 1. The molecule has 2 unspecified atom stereocenters. The van der Waals surface area contributed by atoms with Crippen LogP contribution in [0.2, 0.25) is 0 Å². The van der Waals surface area contributed by atoms with E-state index in [0.29, 0.717) is 55.8 Å². The maximum absolute atomic E-state index is 14.8. The zero-order valence-electron chi connectivity index (χ0n) is 36.0. The predicted octanol–water partition coefficient (Wildman–Crippen LogP) is 9.53. The number of fused-ring (bicyclic) bond motifs is 3. The van der Waals surface area contributed by atoms with Gasteiger partial charge in [0, 0.05) is 23.8 Å². The largest absolute Gasteiger partial charge is 0.461 e. The van der Waals surface area contributed by atoms with E-state index in [4.69, 9.17) is 18.9 Å². The molecule has 0 aromatic heterocycles. The van der Waals surface area contributed by atoms with Gasteiger partial charge in [0.15, 0.2) is 0 Å². The van der Waals surface area contributed by atoms with Crippen LogP contribution in [0.1, 0.15) is 120 Å². The minimum atomic E-state index is -0.368. The zero-order valence-corrected chi connectivity index (χ0v) is 36.0. The quantitative estimate of drug-likeness (QED) is 0.165. The van der Waals surface area contributed by atoms with Crippen LogP contribution in [0.4, 0.5) is 0 Å². The van der Waals surface area contributed by atoms with E-state index < -0.39 is 0 Å². The van der Waals surface area contributed by atoms with Gasteiger partial charge in [-0.15, -0.1) is 0 Å². The third-order valence-corrected chi connectivity index (χ3v) is 16.7. The lowest BCUT2D eigenvalue weighted by Crippen LogP contribution is -2.70. The van der Waals surface area contributed by atoms with Crippen LogP contribution >= 0.6 is 0 Å². The summed E-state index contributed by atoms with van der Waals surface area (Å²) >= 11 is 0. The van der Waals surface area contributed by atoms with Crippen molar-refractivity contribution < 1.29 is 28.5 Å². The Labute approximate surface area is 327 Å². The predicted molar refractivity (Wildman–Crippen MR) is 214 cm³/mol. The molecule has 0 spiro atoms. The molecule has 54 heavy (non-hydrogen) atoms. The number of carbonyl (C=O) groups excluding carboxylic acids is 2. The average Bonchev–Trinajstić information content (AvgIpc) is 3.09. The summed E-state index contributed by atoms with van der Waals surface area (Å²) in [5.74, 6) is 1.31. The smallest absolute Gasteiger partial charge is 0.310 e. The Kier molecular flexibility index (Phi) is 11.5. The fourth-order valence-corrected chi connectivity index (χ4v) is 13.8. The molecular formula is C47H73NO6. The first-order chi connectivity index (χ1) is 25.3. The van der Waals surface area contributed by atoms with Crippen LogP contribution in [-0.4, -0.2) is 68.5 Å². The number of hydrogen-bond acceptors (Lipinski definition) is 7. The molecule has 6 rings (SSSR count). The highest BCUT2D eigenvalue weighted by molar-refractivity contribution is 5.75. The highest BCUT2D eigenvalue weighted by Gasteiger charge is 2.72. The molecule has 3 saturated carbocycles. The van der Waals surface area contributed by atoms with E-state index in [1.54, 1.807) is 6.92 Å². The molecule has 1 heterocycles. The lowest BCUT2D eigenvalue weighted by atomic mass is 9.34. The molecule has 0 radical (unpaired) electrons. The van der Waals surface area contributed by atoms with Gasteiger partial charge in [0.1, 0.15) is 18.8 Å². The number of rotatable bonds is 11. The van der Waals surface area contributed by atoms with Crippen molar-refractivity contribution in [3.63, 3.8) is 0 Å². The normalized spacial score (nSPS) is 40.5. The first-order valence-electron chi connectivity index (χ1n) is 21.2. The molecule has 7 heteroatoms. The van der Waals surface area contributed by atoms with Gasteiger partial charge in [0.25, 0.3) is 0 Å². The van der Waals surface area contributed by atoms with E-state index in [0.717, 1.165) is 37.7 Å². The fourth-order valence-electron chi connectivity index (χ4n) is 13.8. The molecule has 1 aromatic rings. The minimum absolute atomic E-state index is 0.0429. The molecule has 0 amide bonds. The van der Waals surface area contributed by atoms with E-state index >= 15 is 0 Å². The third-order valence-electron chi connectivity index (χ3n) is 16.7. The van der Waals surface area contributed by atoms with Crippen LogP contribution in [0.5, 0.6) is 0 Å². The number of benzene rings is 1. The SMILES string of the molecule is CC(=O)O[C@@H]1C[C@@]23COC[C@@](C)([C@@H]2CC[C@H]2C3=CC[C@@]3(C)[C@H](C(=O)OCc4ccccc4)[C@@](C)([C@H](C)C(C)C)CC[C@]23C)[C@H]1OC(C)C(C(C)C)N(C)C. The van der Waals surface area contributed by atoms with Crippen LogP contribution in [-0.2, 0) is 35.1 Å². The Morgan fingerprint density at radius 1 is 0.907 bits per heavy atom. The van der Waals surface area contributed by atoms with Gasteiger partial charge in [-0.3, -0.25) is 9.59 Å². The summed E-state index contributed by atoms with van der Waals surface area (Å²) in [6, 6.07) is 10.3. The van der Waals surface area contributed by atoms with E-state index in [1.165, 1.54) is 5.57 Å². The van der Waals surface area contributed by atoms with Crippen molar-refractivity contribution in [3.8, 4) is 0 Å². The molecule has 1 saturated heterocycles. The Hall–Kier alpha value is -2.22. The van der Waals surface area contributed by atoms with Crippen molar-refractivity contribution in [2.45, 2.75) is 146 Å². The van der Waals surface area contributed by atoms with Crippen molar-refractivity contribution in [2.75, 3.05) is 27.3 Å². The number of allylic oxidation sites excluding steroid dienone is 1. The van der Waals surface area contributed by atoms with Crippen molar-refractivity contribution >= 4 is 11.9 Å². The number of likely N-dealkylation sites (N-methyl/N-ethyl adjacent to an activating group) is 1. The van der Waals surface area contributed by atoms with Crippen LogP contribution in [0.3, 0.4) is 0 Å². The van der Waals surface area contributed by atoms with Crippen molar-refractivity contribution in [3.05, 3.63) is 47.5 Å². The van der Waals surface area contributed by atoms with Gasteiger partial charge in [-0.25, -0.2) is 0 Å². The molecule has 2 bridgehead atoms. The Morgan fingerprint density at radius 2 is 1.59 bits per heavy atom. The lowest BCUT2D eigenvalue weighted by Gasteiger charge is -2.71. The first-order valence-corrected chi connectivity index (χ1v) is 21.2. The molecule has 5 aliphatic rings. The van der Waals surface area contributed by atoms with Gasteiger partial charge in [0.05, 0.1) is 25.2 Å². The van der Waals surface area contributed by atoms with Gasteiger partial charge < -0.3 is 23.8 Å². The van der Waals surface area contributed by atoms with E-state index in [-0.39, 0.29) is 69.3 Å². The highest BCUT2D eigenvalue weighted by atomic mass is 16.6. The fraction of sp³-hybridized carbons (Fsp3) is 0.787. The lowest BCUT2D eigenvalue weighted by molar-refractivity contribution is -0.277. The average molecular weight is 748 g/mol. The molecule has 1 aliphatic heterocycles. The number of esters is 2. The van der Waals surface area contributed by atoms with Gasteiger partial charge in [-0.05, 0) is 111 Å². The summed E-state index contributed by atoms with van der Waals surface area (Å²) in [5.41, 5.74) is 1.33. The monoisotopic (exact) mass is 748 g/mol. The summed E-state index contributed by atoms with van der Waals surface area (Å²) in [5, 5.41) is 0. The molecule has 4 fully saturated rings. The van der Waals surface area contributed by atoms with Crippen LogP contribution in [0.25, 0.3) is 0 Å². The van der Waals surface area contributed by atoms with Crippen LogP contribution in [0.15, 0.2) is 42.0 Å². The summed E-state index contributed by atoms with van der Waals surface area (Å²) in [4.78, 5) is 29.9. The van der Waals surface area contributed by atoms with Gasteiger partial charge in [-0.1, -0.05) is 104 Å². The molecule has 0 N–H and O–H groups in total. The standard InChI is InChI=1S/C47H73NO6/c1-29(2)31(5)43(8)23-24-45(10)35-19-20-38-44(9)27-51-28-47(38,25-37(54-33(7)49)41(44)53-32(6)39(30(3)4)48(12)13)36(35)21-22-46(45,11)40(43)42(50)52-26-34-17-15-14-16-18-34/h14-18,21,29-32,35,37-41H,19-20,22-28H2,1-13H3/t31-,32?,35+,37-,38+,39?,40-,41+,43-,44+,45-,46+,47+/m1/s1. The molecule has 13 atom stereocenters. The van der Waals surface area contributed by atoms with E-state index in [1.807, 2.05) is 30.3 Å². The second kappa shape index (κ2) is 14.9. The second-order valence-corrected chi connectivity index (χ2v) is 20.4. The Morgan fingerprint density at radius 3 is 2.20 bits per heavy atom. The second-order valence-electron chi connectivity index (χ2n) is 20.4. The van der Waals surface area contributed by atoms with Crippen LogP contribution < -0.4 is 0 Å². The maximum Gasteiger partial charge on any atom is 0.310 e. The number of hydrogen-bond donors (Lipinski definition) is 0. The van der Waals surface area contributed by atoms with Crippen molar-refractivity contribution in [2.24, 2.45) is 62.6 Å². The molecule has 4 aliphatic carbocycles. The van der Waals surface area contributed by atoms with Crippen molar-refractivity contribution in [1.82, 2.24) is 4.90 Å². The topological polar surface area (TPSA) is 74.3 Å². The highest BCUT2D eigenvalue weighted by Crippen LogP contribution is 2.75. The first kappa shape index (κ1) is 41.4. The third kappa shape index (κ3) is 6.52. The zero-order chi connectivity index (χ0) is 39.6. The van der Waals surface area contributed by atoms with E-state index in [2.05, 4.69) is 94.3 Å². The van der Waals surface area contributed by atoms with Crippen molar-refractivity contribution in [1.29, 1.82) is 0 Å². The van der Waals surface area contributed by atoms with Crippen LogP contribution in [0, 0.1) is 62.6 Å². The maximum atomic E-state index is 14.8. The summed E-state index contributed by atoms with van der Waals surface area (Å²) in [7, 11) is 4.25. The molecule has 1 aromatic carbocycles. The Bertz CT molecular complexity index is 1550. The summed E-state index contributed by atoms with van der Waals surface area (Å²) < 4.78 is 26.6.